The molecule has 17 heavy (non-hydrogen) atoms. The fraction of sp³-hybridized carbons (Fsp3) is 1.00. The number of rotatable bonds is 7. The molecule has 0 amide bonds. The summed E-state index contributed by atoms with van der Waals surface area (Å²) in [5.41, 5.74) is 0. The van der Waals surface area contributed by atoms with Gasteiger partial charge in [0.1, 0.15) is 6.29 Å². The Morgan fingerprint density at radius 2 is 1.47 bits per heavy atom. The number of ether oxygens (including phenoxy) is 1. The standard InChI is InChI=1S/C9H22O3Si.C3H9N/c1-6-11-13(7-2,8-3)12-9(4)10-5;1-4(2)3/h9H,6-8H2,1-5H3;1-3H3. The van der Waals surface area contributed by atoms with Crippen molar-refractivity contribution in [3.63, 3.8) is 0 Å². The highest BCUT2D eigenvalue weighted by molar-refractivity contribution is 6.67. The molecule has 0 heterocycles. The fourth-order valence-electron chi connectivity index (χ4n) is 1.27. The zero-order valence-electron chi connectivity index (χ0n) is 12.9. The van der Waals surface area contributed by atoms with Gasteiger partial charge in [-0.3, -0.25) is 0 Å². The van der Waals surface area contributed by atoms with E-state index in [1.54, 1.807) is 7.11 Å². The van der Waals surface area contributed by atoms with Crippen molar-refractivity contribution in [2.45, 2.75) is 46.1 Å². The second-order valence-corrected chi connectivity index (χ2v) is 8.07. The summed E-state index contributed by atoms with van der Waals surface area (Å²) in [5, 5.41) is 0. The minimum atomic E-state index is -1.95. The van der Waals surface area contributed by atoms with Crippen LogP contribution in [0.15, 0.2) is 0 Å². The van der Waals surface area contributed by atoms with Crippen LogP contribution in [0, 0.1) is 0 Å². The van der Waals surface area contributed by atoms with Gasteiger partial charge in [-0.1, -0.05) is 13.8 Å². The van der Waals surface area contributed by atoms with Crippen LogP contribution in [0.25, 0.3) is 0 Å². The Morgan fingerprint density at radius 3 is 1.71 bits per heavy atom. The Kier molecular flexibility index (Phi) is 12.7. The van der Waals surface area contributed by atoms with Gasteiger partial charge in [-0.05, 0) is 47.1 Å². The van der Waals surface area contributed by atoms with E-state index >= 15 is 0 Å². The summed E-state index contributed by atoms with van der Waals surface area (Å²) in [6.07, 6.45) is -0.155. The van der Waals surface area contributed by atoms with Gasteiger partial charge < -0.3 is 18.5 Å². The zero-order valence-corrected chi connectivity index (χ0v) is 13.9. The molecule has 0 aromatic heterocycles. The zero-order chi connectivity index (χ0) is 13.9. The molecule has 1 unspecified atom stereocenters. The second kappa shape index (κ2) is 11.2. The van der Waals surface area contributed by atoms with E-state index in [-0.39, 0.29) is 6.29 Å². The van der Waals surface area contributed by atoms with Crippen molar-refractivity contribution in [1.82, 2.24) is 4.90 Å². The molecule has 0 aliphatic carbocycles. The largest absolute Gasteiger partial charge is 0.394 e. The van der Waals surface area contributed by atoms with Crippen molar-refractivity contribution in [3.8, 4) is 0 Å². The molecular formula is C12H31NO3Si. The first-order chi connectivity index (χ1) is 7.87. The lowest BCUT2D eigenvalue weighted by Gasteiger charge is -2.30. The van der Waals surface area contributed by atoms with E-state index in [0.717, 1.165) is 18.7 Å². The third-order valence-electron chi connectivity index (χ3n) is 2.20. The van der Waals surface area contributed by atoms with Crippen LogP contribution < -0.4 is 0 Å². The summed E-state index contributed by atoms with van der Waals surface area (Å²) < 4.78 is 16.6. The Hall–Kier alpha value is 0.0569. The van der Waals surface area contributed by atoms with Crippen molar-refractivity contribution in [2.24, 2.45) is 0 Å². The van der Waals surface area contributed by atoms with Gasteiger partial charge in [0.2, 0.25) is 0 Å². The average Bonchev–Trinajstić information content (AvgIpc) is 2.27. The predicted octanol–water partition coefficient (Wildman–Crippen LogP) is 2.69. The molecule has 0 spiro atoms. The van der Waals surface area contributed by atoms with Gasteiger partial charge in [-0.15, -0.1) is 0 Å². The summed E-state index contributed by atoms with van der Waals surface area (Å²) >= 11 is 0. The molecule has 0 rings (SSSR count). The van der Waals surface area contributed by atoms with Gasteiger partial charge >= 0.3 is 8.56 Å². The van der Waals surface area contributed by atoms with E-state index in [9.17, 15) is 0 Å². The molecule has 106 valence electrons. The smallest absolute Gasteiger partial charge is 0.339 e. The van der Waals surface area contributed by atoms with Crippen LogP contribution in [0.3, 0.4) is 0 Å². The van der Waals surface area contributed by atoms with E-state index in [1.807, 2.05) is 39.9 Å². The third-order valence-corrected chi connectivity index (χ3v) is 5.93. The Morgan fingerprint density at radius 1 is 1.06 bits per heavy atom. The predicted molar refractivity (Wildman–Crippen MR) is 75.5 cm³/mol. The Labute approximate surface area is 108 Å². The van der Waals surface area contributed by atoms with Crippen LogP contribution >= 0.6 is 0 Å². The number of hydrogen-bond donors (Lipinski definition) is 0. The number of hydrogen-bond acceptors (Lipinski definition) is 4. The monoisotopic (exact) mass is 265 g/mol. The van der Waals surface area contributed by atoms with Gasteiger partial charge in [0.05, 0.1) is 0 Å². The van der Waals surface area contributed by atoms with Crippen molar-refractivity contribution >= 4 is 8.56 Å². The summed E-state index contributed by atoms with van der Waals surface area (Å²) in [6.45, 7) is 8.88. The van der Waals surface area contributed by atoms with E-state index in [1.165, 1.54) is 0 Å². The molecule has 0 bridgehead atoms. The summed E-state index contributed by atoms with van der Waals surface area (Å²) in [7, 11) is 5.70. The third kappa shape index (κ3) is 10.9. The molecule has 0 aromatic rings. The SMILES string of the molecule is CCO[Si](CC)(CC)OC(C)OC.CN(C)C. The highest BCUT2D eigenvalue weighted by Crippen LogP contribution is 2.20. The van der Waals surface area contributed by atoms with E-state index in [4.69, 9.17) is 13.6 Å². The van der Waals surface area contributed by atoms with Gasteiger partial charge in [0.15, 0.2) is 0 Å². The van der Waals surface area contributed by atoms with E-state index < -0.39 is 8.56 Å². The molecule has 0 fully saturated rings. The Balaban J connectivity index is 0. The maximum absolute atomic E-state index is 5.82. The summed E-state index contributed by atoms with van der Waals surface area (Å²) in [6, 6.07) is 1.95. The molecule has 0 saturated heterocycles. The molecule has 0 saturated carbocycles. The maximum atomic E-state index is 5.82. The van der Waals surface area contributed by atoms with E-state index in [2.05, 4.69) is 13.8 Å². The van der Waals surface area contributed by atoms with Crippen molar-refractivity contribution in [2.75, 3.05) is 34.9 Å². The first-order valence-electron chi connectivity index (χ1n) is 6.32. The van der Waals surface area contributed by atoms with Crippen LogP contribution in [0.1, 0.15) is 27.7 Å². The van der Waals surface area contributed by atoms with Crippen LogP contribution in [-0.2, 0) is 13.6 Å². The minimum absolute atomic E-state index is 0.155. The molecule has 0 aromatic carbocycles. The quantitative estimate of drug-likeness (QED) is 0.523. The minimum Gasteiger partial charge on any atom is -0.394 e. The first-order valence-corrected chi connectivity index (χ1v) is 8.55. The second-order valence-electron chi connectivity index (χ2n) is 4.31. The summed E-state index contributed by atoms with van der Waals surface area (Å²) in [5.74, 6) is 0. The number of methoxy groups -OCH3 is 1. The van der Waals surface area contributed by atoms with Crippen molar-refractivity contribution in [3.05, 3.63) is 0 Å². The Bertz CT molecular complexity index is 161. The fourth-order valence-corrected chi connectivity index (χ4v) is 3.81. The molecule has 1 atom stereocenters. The van der Waals surface area contributed by atoms with Gasteiger partial charge in [0, 0.05) is 13.7 Å². The molecule has 4 nitrogen and oxygen atoms in total. The molecular weight excluding hydrogens is 234 g/mol. The lowest BCUT2D eigenvalue weighted by molar-refractivity contribution is -0.0628. The lowest BCUT2D eigenvalue weighted by atomic mass is 10.8. The van der Waals surface area contributed by atoms with Crippen LogP contribution in [0.4, 0.5) is 0 Å². The highest BCUT2D eigenvalue weighted by Gasteiger charge is 2.34. The van der Waals surface area contributed by atoms with Crippen molar-refractivity contribution < 1.29 is 13.6 Å². The number of nitrogens with zero attached hydrogens (tertiary/aromatic N) is 1. The molecule has 0 aliphatic rings. The van der Waals surface area contributed by atoms with Crippen molar-refractivity contribution in [1.29, 1.82) is 0 Å². The molecule has 0 aliphatic heterocycles. The van der Waals surface area contributed by atoms with Gasteiger partial charge in [-0.25, -0.2) is 0 Å². The molecule has 5 heteroatoms. The molecule has 0 radical (unpaired) electrons. The molecule has 0 N–H and O–H groups in total. The van der Waals surface area contributed by atoms with E-state index in [0.29, 0.717) is 0 Å². The highest BCUT2D eigenvalue weighted by atomic mass is 28.4. The first kappa shape index (κ1) is 19.4. The van der Waals surface area contributed by atoms with Crippen LogP contribution in [-0.4, -0.2) is 54.6 Å². The topological polar surface area (TPSA) is 30.9 Å². The van der Waals surface area contributed by atoms with Gasteiger partial charge in [-0.2, -0.15) is 0 Å². The van der Waals surface area contributed by atoms with Crippen LogP contribution in [0.5, 0.6) is 0 Å². The lowest BCUT2D eigenvalue weighted by Crippen LogP contribution is -2.43. The van der Waals surface area contributed by atoms with Gasteiger partial charge in [0.25, 0.3) is 0 Å². The maximum Gasteiger partial charge on any atom is 0.339 e. The average molecular weight is 265 g/mol. The van der Waals surface area contributed by atoms with Crippen LogP contribution in [0.2, 0.25) is 12.1 Å². The normalized spacial score (nSPS) is 13.2. The summed E-state index contributed by atoms with van der Waals surface area (Å²) in [4.78, 5) is 2.00.